The fourth-order valence-corrected chi connectivity index (χ4v) is 1.82. The highest BCUT2D eigenvalue weighted by Crippen LogP contribution is 2.15. The van der Waals surface area contributed by atoms with E-state index in [-0.39, 0.29) is 0 Å². The third-order valence-electron chi connectivity index (χ3n) is 3.20. The minimum Gasteiger partial charge on any atom is -0.478 e. The lowest BCUT2D eigenvalue weighted by Gasteiger charge is -2.09. The summed E-state index contributed by atoms with van der Waals surface area (Å²) in [6, 6.07) is 13.2. The van der Waals surface area contributed by atoms with Gasteiger partial charge in [0.1, 0.15) is 0 Å². The zero-order chi connectivity index (χ0) is 13.8. The molecule has 0 saturated carbocycles. The molecule has 0 atom stereocenters. The van der Waals surface area contributed by atoms with Crippen LogP contribution in [-0.4, -0.2) is 11.1 Å². The average molecular weight is 255 g/mol. The Morgan fingerprint density at radius 3 is 2.32 bits per heavy atom. The van der Waals surface area contributed by atoms with Crippen molar-refractivity contribution in [1.82, 2.24) is 0 Å². The van der Waals surface area contributed by atoms with Crippen molar-refractivity contribution in [3.63, 3.8) is 0 Å². The van der Waals surface area contributed by atoms with Gasteiger partial charge in [-0.2, -0.15) is 0 Å². The number of rotatable bonds is 4. The number of aromatic carboxylic acids is 1. The molecule has 0 bridgehead atoms. The number of aryl methyl sites for hydroxylation is 2. The second-order valence-electron chi connectivity index (χ2n) is 4.65. The summed E-state index contributed by atoms with van der Waals surface area (Å²) in [4.78, 5) is 10.7. The topological polar surface area (TPSA) is 49.3 Å². The number of hydrogen-bond acceptors (Lipinski definition) is 2. The molecule has 2 aromatic rings. The van der Waals surface area contributed by atoms with Gasteiger partial charge >= 0.3 is 5.97 Å². The molecular formula is C16H17NO2. The van der Waals surface area contributed by atoms with Crippen molar-refractivity contribution >= 4 is 11.7 Å². The van der Waals surface area contributed by atoms with Gasteiger partial charge in [-0.25, -0.2) is 4.79 Å². The number of carbonyl (C=O) groups is 1. The highest BCUT2D eigenvalue weighted by atomic mass is 16.4. The standard InChI is InChI=1S/C16H17NO2/c1-11-3-8-15(9-12(11)2)17-10-13-4-6-14(7-5-13)16(18)19/h3-9,17H,10H2,1-2H3,(H,18,19). The van der Waals surface area contributed by atoms with Crippen LogP contribution in [0, 0.1) is 13.8 Å². The second kappa shape index (κ2) is 5.57. The normalized spacial score (nSPS) is 10.2. The quantitative estimate of drug-likeness (QED) is 0.877. The first-order chi connectivity index (χ1) is 9.06. The van der Waals surface area contributed by atoms with Crippen LogP contribution < -0.4 is 5.32 Å². The maximum atomic E-state index is 10.7. The smallest absolute Gasteiger partial charge is 0.335 e. The van der Waals surface area contributed by atoms with Gasteiger partial charge in [-0.1, -0.05) is 18.2 Å². The maximum Gasteiger partial charge on any atom is 0.335 e. The minimum absolute atomic E-state index is 0.315. The van der Waals surface area contributed by atoms with E-state index in [1.165, 1.54) is 11.1 Å². The first-order valence-corrected chi connectivity index (χ1v) is 6.19. The predicted octanol–water partition coefficient (Wildman–Crippen LogP) is 3.61. The average Bonchev–Trinajstić information content (AvgIpc) is 2.40. The highest BCUT2D eigenvalue weighted by Gasteiger charge is 2.02. The second-order valence-corrected chi connectivity index (χ2v) is 4.65. The van der Waals surface area contributed by atoms with Gasteiger partial charge in [0.05, 0.1) is 5.56 Å². The molecule has 3 nitrogen and oxygen atoms in total. The van der Waals surface area contributed by atoms with E-state index in [0.29, 0.717) is 12.1 Å². The lowest BCUT2D eigenvalue weighted by atomic mass is 10.1. The Balaban J connectivity index is 2.01. The number of anilines is 1. The SMILES string of the molecule is Cc1ccc(NCc2ccc(C(=O)O)cc2)cc1C. The summed E-state index contributed by atoms with van der Waals surface area (Å²) in [6.45, 7) is 4.86. The minimum atomic E-state index is -0.895. The van der Waals surface area contributed by atoms with E-state index in [0.717, 1.165) is 11.3 Å². The molecule has 0 aliphatic rings. The predicted molar refractivity (Wildman–Crippen MR) is 76.6 cm³/mol. The van der Waals surface area contributed by atoms with Gasteiger partial charge in [0.25, 0.3) is 0 Å². The van der Waals surface area contributed by atoms with Gasteiger partial charge in [0.15, 0.2) is 0 Å². The number of hydrogen-bond donors (Lipinski definition) is 2. The van der Waals surface area contributed by atoms with Crippen molar-refractivity contribution in [1.29, 1.82) is 0 Å². The molecule has 0 amide bonds. The van der Waals surface area contributed by atoms with Crippen LogP contribution in [0.1, 0.15) is 27.0 Å². The molecule has 2 aromatic carbocycles. The van der Waals surface area contributed by atoms with Crippen molar-refractivity contribution in [3.05, 3.63) is 64.7 Å². The molecule has 0 heterocycles. The van der Waals surface area contributed by atoms with Crippen LogP contribution in [0.15, 0.2) is 42.5 Å². The molecule has 98 valence electrons. The number of carboxylic acids is 1. The molecule has 0 radical (unpaired) electrons. The molecule has 0 aliphatic carbocycles. The Hall–Kier alpha value is -2.29. The lowest BCUT2D eigenvalue weighted by molar-refractivity contribution is 0.0697. The summed E-state index contributed by atoms with van der Waals surface area (Å²) in [7, 11) is 0. The van der Waals surface area contributed by atoms with Crippen molar-refractivity contribution in [2.45, 2.75) is 20.4 Å². The van der Waals surface area contributed by atoms with Crippen molar-refractivity contribution in [2.75, 3.05) is 5.32 Å². The lowest BCUT2D eigenvalue weighted by Crippen LogP contribution is -2.01. The Morgan fingerprint density at radius 2 is 1.74 bits per heavy atom. The Morgan fingerprint density at radius 1 is 1.05 bits per heavy atom. The monoisotopic (exact) mass is 255 g/mol. The summed E-state index contributed by atoms with van der Waals surface area (Å²) < 4.78 is 0. The Labute approximate surface area is 112 Å². The zero-order valence-electron chi connectivity index (χ0n) is 11.1. The first-order valence-electron chi connectivity index (χ1n) is 6.19. The van der Waals surface area contributed by atoms with Gasteiger partial charge in [0, 0.05) is 12.2 Å². The van der Waals surface area contributed by atoms with Crippen LogP contribution >= 0.6 is 0 Å². The van der Waals surface area contributed by atoms with E-state index in [4.69, 9.17) is 5.11 Å². The third-order valence-corrected chi connectivity index (χ3v) is 3.20. The van der Waals surface area contributed by atoms with Crippen molar-refractivity contribution in [2.24, 2.45) is 0 Å². The third kappa shape index (κ3) is 3.35. The van der Waals surface area contributed by atoms with Gasteiger partial charge in [0.2, 0.25) is 0 Å². The van der Waals surface area contributed by atoms with Crippen molar-refractivity contribution in [3.8, 4) is 0 Å². The van der Waals surface area contributed by atoms with Crippen LogP contribution in [0.3, 0.4) is 0 Å². The molecule has 2 N–H and O–H groups in total. The van der Waals surface area contributed by atoms with E-state index in [2.05, 4.69) is 31.3 Å². The van der Waals surface area contributed by atoms with E-state index in [1.807, 2.05) is 18.2 Å². The Kier molecular flexibility index (Phi) is 3.85. The van der Waals surface area contributed by atoms with Crippen LogP contribution in [0.4, 0.5) is 5.69 Å². The number of benzene rings is 2. The molecule has 0 aliphatic heterocycles. The Bertz CT molecular complexity index is 588. The molecule has 0 saturated heterocycles. The van der Waals surface area contributed by atoms with Gasteiger partial charge < -0.3 is 10.4 Å². The van der Waals surface area contributed by atoms with Gasteiger partial charge in [-0.3, -0.25) is 0 Å². The fraction of sp³-hybridized carbons (Fsp3) is 0.188. The summed E-state index contributed by atoms with van der Waals surface area (Å²) in [5.41, 5.74) is 4.98. The molecule has 0 spiro atoms. The van der Waals surface area contributed by atoms with E-state index < -0.39 is 5.97 Å². The van der Waals surface area contributed by atoms with E-state index in [9.17, 15) is 4.79 Å². The molecule has 0 fully saturated rings. The highest BCUT2D eigenvalue weighted by molar-refractivity contribution is 5.87. The molecular weight excluding hydrogens is 238 g/mol. The number of carboxylic acid groups (broad SMARTS) is 1. The largest absolute Gasteiger partial charge is 0.478 e. The summed E-state index contributed by atoms with van der Waals surface area (Å²) in [5.74, 6) is -0.895. The van der Waals surface area contributed by atoms with Crippen LogP contribution in [0.5, 0.6) is 0 Å². The number of nitrogens with one attached hydrogen (secondary N) is 1. The molecule has 3 heteroatoms. The van der Waals surface area contributed by atoms with E-state index >= 15 is 0 Å². The molecule has 0 unspecified atom stereocenters. The van der Waals surface area contributed by atoms with Gasteiger partial charge in [-0.05, 0) is 54.8 Å². The molecule has 0 aromatic heterocycles. The summed E-state index contributed by atoms with van der Waals surface area (Å²) in [5, 5.41) is 12.2. The molecule has 19 heavy (non-hydrogen) atoms. The maximum absolute atomic E-state index is 10.7. The van der Waals surface area contributed by atoms with E-state index in [1.54, 1.807) is 12.1 Å². The van der Waals surface area contributed by atoms with Gasteiger partial charge in [-0.15, -0.1) is 0 Å². The van der Waals surface area contributed by atoms with Crippen LogP contribution in [0.2, 0.25) is 0 Å². The first kappa shape index (κ1) is 13.1. The van der Waals surface area contributed by atoms with Crippen LogP contribution in [-0.2, 0) is 6.54 Å². The fourth-order valence-electron chi connectivity index (χ4n) is 1.82. The summed E-state index contributed by atoms with van der Waals surface area (Å²) in [6.07, 6.45) is 0. The molecule has 2 rings (SSSR count). The van der Waals surface area contributed by atoms with Crippen LogP contribution in [0.25, 0.3) is 0 Å². The summed E-state index contributed by atoms with van der Waals surface area (Å²) >= 11 is 0. The van der Waals surface area contributed by atoms with Crippen molar-refractivity contribution < 1.29 is 9.90 Å². The zero-order valence-corrected chi connectivity index (χ0v) is 11.1.